The van der Waals surface area contributed by atoms with Gasteiger partial charge in [0.2, 0.25) is 0 Å². The van der Waals surface area contributed by atoms with E-state index in [1.807, 2.05) is 31.3 Å². The minimum absolute atomic E-state index is 0.253. The van der Waals surface area contributed by atoms with Crippen LogP contribution in [0.3, 0.4) is 0 Å². The molecule has 0 aliphatic heterocycles. The Morgan fingerprint density at radius 1 is 1.44 bits per heavy atom. The second-order valence-electron chi connectivity index (χ2n) is 3.71. The van der Waals surface area contributed by atoms with Gasteiger partial charge in [0.05, 0.1) is 0 Å². The molecule has 0 aliphatic carbocycles. The molecule has 0 saturated carbocycles. The molecule has 0 atom stereocenters. The maximum Gasteiger partial charge on any atom is 0.140 e. The van der Waals surface area contributed by atoms with Crippen molar-refractivity contribution in [1.29, 1.82) is 0 Å². The molecule has 0 spiro atoms. The van der Waals surface area contributed by atoms with Gasteiger partial charge >= 0.3 is 0 Å². The first kappa shape index (κ1) is 12.8. The standard InChI is InChI=1S/C11H16ClN3O/c1-15(7-6-11(13)14-16)8-9-2-4-10(12)5-3-9/h2-5,16H,6-8H2,1H3,(H2,13,14). The lowest BCUT2D eigenvalue weighted by Gasteiger charge is -2.16. The van der Waals surface area contributed by atoms with Crippen LogP contribution in [0, 0.1) is 0 Å². The number of nitrogens with two attached hydrogens (primary N) is 1. The highest BCUT2D eigenvalue weighted by Gasteiger charge is 2.01. The van der Waals surface area contributed by atoms with E-state index in [2.05, 4.69) is 10.1 Å². The Morgan fingerprint density at radius 3 is 2.62 bits per heavy atom. The van der Waals surface area contributed by atoms with E-state index < -0.39 is 0 Å². The maximum atomic E-state index is 8.40. The lowest BCUT2D eigenvalue weighted by Crippen LogP contribution is -2.24. The molecule has 0 fully saturated rings. The van der Waals surface area contributed by atoms with Crippen LogP contribution in [0.4, 0.5) is 0 Å². The van der Waals surface area contributed by atoms with Gasteiger partial charge in [-0.15, -0.1) is 0 Å². The summed E-state index contributed by atoms with van der Waals surface area (Å²) in [6.45, 7) is 1.56. The molecule has 0 radical (unpaired) electrons. The van der Waals surface area contributed by atoms with E-state index in [1.165, 1.54) is 5.56 Å². The van der Waals surface area contributed by atoms with Crippen LogP contribution in [0.15, 0.2) is 29.4 Å². The third-order valence-electron chi connectivity index (χ3n) is 2.24. The Labute approximate surface area is 100 Å². The summed E-state index contributed by atoms with van der Waals surface area (Å²) in [5, 5.41) is 12.1. The fourth-order valence-corrected chi connectivity index (χ4v) is 1.46. The maximum absolute atomic E-state index is 8.40. The van der Waals surface area contributed by atoms with Gasteiger partial charge in [-0.3, -0.25) is 0 Å². The lowest BCUT2D eigenvalue weighted by atomic mass is 10.2. The van der Waals surface area contributed by atoms with Crippen molar-refractivity contribution in [2.75, 3.05) is 13.6 Å². The first-order valence-electron chi connectivity index (χ1n) is 5.01. The first-order valence-corrected chi connectivity index (χ1v) is 5.39. The monoisotopic (exact) mass is 241 g/mol. The van der Waals surface area contributed by atoms with Crippen LogP contribution >= 0.6 is 11.6 Å². The van der Waals surface area contributed by atoms with Crippen molar-refractivity contribution in [2.45, 2.75) is 13.0 Å². The molecule has 0 aliphatic rings. The fourth-order valence-electron chi connectivity index (χ4n) is 1.34. The van der Waals surface area contributed by atoms with Crippen molar-refractivity contribution in [2.24, 2.45) is 10.9 Å². The van der Waals surface area contributed by atoms with Gasteiger partial charge in [-0.1, -0.05) is 28.9 Å². The zero-order valence-corrected chi connectivity index (χ0v) is 9.98. The highest BCUT2D eigenvalue weighted by atomic mass is 35.5. The Morgan fingerprint density at radius 2 is 2.06 bits per heavy atom. The number of hydrogen-bond donors (Lipinski definition) is 2. The second-order valence-corrected chi connectivity index (χ2v) is 4.14. The molecule has 0 aromatic heterocycles. The summed E-state index contributed by atoms with van der Waals surface area (Å²) < 4.78 is 0. The molecule has 1 rings (SSSR count). The number of amidine groups is 1. The molecule has 88 valence electrons. The summed E-state index contributed by atoms with van der Waals surface area (Å²) in [7, 11) is 1.99. The number of hydrogen-bond acceptors (Lipinski definition) is 3. The van der Waals surface area contributed by atoms with Gasteiger partial charge in [-0.2, -0.15) is 0 Å². The molecular formula is C11H16ClN3O. The number of oxime groups is 1. The summed E-state index contributed by atoms with van der Waals surface area (Å²) in [5.41, 5.74) is 6.58. The molecule has 0 amide bonds. The molecular weight excluding hydrogens is 226 g/mol. The van der Waals surface area contributed by atoms with Gasteiger partial charge in [-0.25, -0.2) is 0 Å². The lowest BCUT2D eigenvalue weighted by molar-refractivity contribution is 0.309. The molecule has 0 saturated heterocycles. The Kier molecular flexibility index (Phi) is 5.08. The van der Waals surface area contributed by atoms with Crippen LogP contribution in [0.25, 0.3) is 0 Å². The van der Waals surface area contributed by atoms with E-state index in [1.54, 1.807) is 0 Å². The van der Waals surface area contributed by atoms with E-state index in [-0.39, 0.29) is 5.84 Å². The molecule has 3 N–H and O–H groups in total. The van der Waals surface area contributed by atoms with Crippen molar-refractivity contribution in [3.8, 4) is 0 Å². The predicted molar refractivity (Wildman–Crippen MR) is 65.8 cm³/mol. The molecule has 16 heavy (non-hydrogen) atoms. The van der Waals surface area contributed by atoms with E-state index in [0.29, 0.717) is 6.42 Å². The molecule has 1 aromatic rings. The zero-order chi connectivity index (χ0) is 12.0. The van der Waals surface area contributed by atoms with Crippen LogP contribution in [0.2, 0.25) is 5.02 Å². The Bertz CT molecular complexity index is 351. The highest BCUT2D eigenvalue weighted by Crippen LogP contribution is 2.10. The molecule has 0 unspecified atom stereocenters. The van der Waals surface area contributed by atoms with Crippen LogP contribution in [0.5, 0.6) is 0 Å². The Balaban J connectivity index is 2.39. The predicted octanol–water partition coefficient (Wildman–Crippen LogP) is 1.91. The highest BCUT2D eigenvalue weighted by molar-refractivity contribution is 6.30. The van der Waals surface area contributed by atoms with E-state index in [4.69, 9.17) is 22.5 Å². The van der Waals surface area contributed by atoms with Gasteiger partial charge < -0.3 is 15.8 Å². The van der Waals surface area contributed by atoms with Gasteiger partial charge in [0.1, 0.15) is 5.84 Å². The third kappa shape index (κ3) is 4.51. The fraction of sp³-hybridized carbons (Fsp3) is 0.364. The smallest absolute Gasteiger partial charge is 0.140 e. The Hall–Kier alpha value is -1.26. The number of nitrogens with zero attached hydrogens (tertiary/aromatic N) is 2. The topological polar surface area (TPSA) is 61.8 Å². The molecule has 0 bridgehead atoms. The van der Waals surface area contributed by atoms with Crippen LogP contribution in [0.1, 0.15) is 12.0 Å². The van der Waals surface area contributed by atoms with Gasteiger partial charge in [-0.05, 0) is 24.7 Å². The van der Waals surface area contributed by atoms with Gasteiger partial charge in [0.25, 0.3) is 0 Å². The van der Waals surface area contributed by atoms with Crippen molar-refractivity contribution in [3.05, 3.63) is 34.9 Å². The van der Waals surface area contributed by atoms with Crippen molar-refractivity contribution in [3.63, 3.8) is 0 Å². The van der Waals surface area contributed by atoms with Gasteiger partial charge in [0.15, 0.2) is 0 Å². The summed E-state index contributed by atoms with van der Waals surface area (Å²) >= 11 is 5.80. The normalized spacial score (nSPS) is 12.1. The number of benzene rings is 1. The molecule has 4 nitrogen and oxygen atoms in total. The van der Waals surface area contributed by atoms with E-state index in [9.17, 15) is 0 Å². The summed E-state index contributed by atoms with van der Waals surface area (Å²) in [6, 6.07) is 7.72. The molecule has 5 heteroatoms. The van der Waals surface area contributed by atoms with Gasteiger partial charge in [0, 0.05) is 24.5 Å². The largest absolute Gasteiger partial charge is 0.409 e. The average Bonchev–Trinajstić information content (AvgIpc) is 2.29. The third-order valence-corrected chi connectivity index (χ3v) is 2.50. The summed E-state index contributed by atoms with van der Waals surface area (Å²) in [5.74, 6) is 0.253. The first-order chi connectivity index (χ1) is 7.61. The second kappa shape index (κ2) is 6.35. The van der Waals surface area contributed by atoms with Crippen LogP contribution in [-0.4, -0.2) is 29.5 Å². The minimum atomic E-state index is 0.253. The van der Waals surface area contributed by atoms with Crippen molar-refractivity contribution >= 4 is 17.4 Å². The quantitative estimate of drug-likeness (QED) is 0.358. The average molecular weight is 242 g/mol. The summed E-state index contributed by atoms with van der Waals surface area (Å²) in [6.07, 6.45) is 0.556. The molecule has 0 heterocycles. The number of halogens is 1. The van der Waals surface area contributed by atoms with Crippen LogP contribution < -0.4 is 5.73 Å². The summed E-state index contributed by atoms with van der Waals surface area (Å²) in [4.78, 5) is 2.10. The SMILES string of the molecule is CN(CC/C(N)=N/O)Cc1ccc(Cl)cc1. The van der Waals surface area contributed by atoms with Crippen LogP contribution in [-0.2, 0) is 6.54 Å². The van der Waals surface area contributed by atoms with Crippen molar-refractivity contribution < 1.29 is 5.21 Å². The zero-order valence-electron chi connectivity index (χ0n) is 9.23. The van der Waals surface area contributed by atoms with E-state index >= 15 is 0 Å². The van der Waals surface area contributed by atoms with E-state index in [0.717, 1.165) is 18.1 Å². The minimum Gasteiger partial charge on any atom is -0.409 e. The number of rotatable bonds is 5. The van der Waals surface area contributed by atoms with Crippen molar-refractivity contribution in [1.82, 2.24) is 4.90 Å². The molecule has 1 aromatic carbocycles.